The fraction of sp³-hybridized carbons (Fsp3) is 0.0345. The van der Waals surface area contributed by atoms with Gasteiger partial charge in [0.2, 0.25) is 0 Å². The second kappa shape index (κ2) is 9.37. The van der Waals surface area contributed by atoms with Crippen molar-refractivity contribution in [1.29, 1.82) is 0 Å². The number of rotatable bonds is 6. The highest BCUT2D eigenvalue weighted by Crippen LogP contribution is 2.27. The van der Waals surface area contributed by atoms with Crippen LogP contribution in [0.2, 0.25) is 0 Å². The van der Waals surface area contributed by atoms with Crippen LogP contribution in [0, 0.1) is 0 Å². The van der Waals surface area contributed by atoms with Gasteiger partial charge in [-0.1, -0.05) is 91.0 Å². The van der Waals surface area contributed by atoms with E-state index in [-0.39, 0.29) is 5.91 Å². The van der Waals surface area contributed by atoms with Gasteiger partial charge < -0.3 is 4.74 Å². The van der Waals surface area contributed by atoms with Gasteiger partial charge in [-0.2, -0.15) is 5.10 Å². The zero-order valence-corrected chi connectivity index (χ0v) is 17.9. The van der Waals surface area contributed by atoms with Gasteiger partial charge in [-0.3, -0.25) is 4.79 Å². The molecule has 0 atom stereocenters. The molecule has 0 aromatic heterocycles. The van der Waals surface area contributed by atoms with E-state index in [9.17, 15) is 4.79 Å². The van der Waals surface area contributed by atoms with Crippen molar-refractivity contribution < 1.29 is 9.53 Å². The number of para-hydroxylation sites is 1. The minimum Gasteiger partial charge on any atom is -0.488 e. The molecule has 0 fully saturated rings. The third-order valence-corrected chi connectivity index (χ3v) is 5.54. The normalized spacial score (nSPS) is 11.2. The second-order valence-electron chi connectivity index (χ2n) is 7.70. The van der Waals surface area contributed by atoms with Crippen LogP contribution in [0.3, 0.4) is 0 Å². The molecule has 5 aromatic rings. The molecule has 0 bridgehead atoms. The van der Waals surface area contributed by atoms with E-state index in [0.29, 0.717) is 17.9 Å². The predicted molar refractivity (Wildman–Crippen MR) is 134 cm³/mol. The van der Waals surface area contributed by atoms with Gasteiger partial charge in [-0.05, 0) is 45.3 Å². The third-order valence-electron chi connectivity index (χ3n) is 5.54. The fourth-order valence-corrected chi connectivity index (χ4v) is 3.92. The van der Waals surface area contributed by atoms with Crippen molar-refractivity contribution in [3.8, 4) is 5.75 Å². The molecule has 5 rings (SSSR count). The first kappa shape index (κ1) is 20.5. The number of ether oxygens (including phenoxy) is 1. The van der Waals surface area contributed by atoms with Crippen molar-refractivity contribution in [2.45, 2.75) is 6.61 Å². The minimum absolute atomic E-state index is 0.320. The van der Waals surface area contributed by atoms with Gasteiger partial charge in [0.05, 0.1) is 11.8 Å². The van der Waals surface area contributed by atoms with E-state index in [1.165, 1.54) is 0 Å². The van der Waals surface area contributed by atoms with Crippen molar-refractivity contribution in [1.82, 2.24) is 5.43 Å². The SMILES string of the molecule is O=C(NN=Cc1c2ccccc2cc2ccccc12)c1ccccc1OCc1ccccc1. The summed E-state index contributed by atoms with van der Waals surface area (Å²) in [4.78, 5) is 12.9. The monoisotopic (exact) mass is 430 g/mol. The lowest BCUT2D eigenvalue weighted by Gasteiger charge is -2.11. The number of nitrogens with one attached hydrogen (secondary N) is 1. The van der Waals surface area contributed by atoms with Crippen molar-refractivity contribution in [3.63, 3.8) is 0 Å². The maximum Gasteiger partial charge on any atom is 0.275 e. The van der Waals surface area contributed by atoms with Crippen LogP contribution < -0.4 is 10.2 Å². The smallest absolute Gasteiger partial charge is 0.275 e. The number of carbonyl (C=O) groups excluding carboxylic acids is 1. The summed E-state index contributed by atoms with van der Waals surface area (Å²) < 4.78 is 5.91. The molecule has 33 heavy (non-hydrogen) atoms. The summed E-state index contributed by atoms with van der Waals surface area (Å²) >= 11 is 0. The lowest BCUT2D eigenvalue weighted by atomic mass is 9.97. The van der Waals surface area contributed by atoms with Crippen LogP contribution in [-0.2, 0) is 6.61 Å². The molecule has 1 N–H and O–H groups in total. The Morgan fingerprint density at radius 3 is 2.09 bits per heavy atom. The number of amides is 1. The molecule has 5 aromatic carbocycles. The number of nitrogens with zero attached hydrogens (tertiary/aromatic N) is 1. The fourth-order valence-electron chi connectivity index (χ4n) is 3.92. The van der Waals surface area contributed by atoms with Gasteiger partial charge in [0.1, 0.15) is 12.4 Å². The molecule has 0 aliphatic rings. The van der Waals surface area contributed by atoms with Gasteiger partial charge in [-0.15, -0.1) is 0 Å². The Morgan fingerprint density at radius 1 is 0.758 bits per heavy atom. The third kappa shape index (κ3) is 4.46. The summed E-state index contributed by atoms with van der Waals surface area (Å²) in [5.74, 6) is 0.198. The molecule has 160 valence electrons. The van der Waals surface area contributed by atoms with Crippen LogP contribution in [-0.4, -0.2) is 12.1 Å². The van der Waals surface area contributed by atoms with E-state index >= 15 is 0 Å². The largest absolute Gasteiger partial charge is 0.488 e. The van der Waals surface area contributed by atoms with Crippen LogP contribution in [0.1, 0.15) is 21.5 Å². The van der Waals surface area contributed by atoms with Crippen molar-refractivity contribution in [2.75, 3.05) is 0 Å². The van der Waals surface area contributed by atoms with E-state index in [4.69, 9.17) is 4.74 Å². The highest BCUT2D eigenvalue weighted by Gasteiger charge is 2.12. The maximum atomic E-state index is 12.9. The Bertz CT molecular complexity index is 1410. The summed E-state index contributed by atoms with van der Waals surface area (Å²) in [5, 5.41) is 8.72. The van der Waals surface area contributed by atoms with E-state index in [1.54, 1.807) is 18.3 Å². The van der Waals surface area contributed by atoms with E-state index in [0.717, 1.165) is 32.7 Å². The first-order valence-electron chi connectivity index (χ1n) is 10.8. The van der Waals surface area contributed by atoms with Crippen LogP contribution in [0.4, 0.5) is 0 Å². The number of fused-ring (bicyclic) bond motifs is 2. The highest BCUT2D eigenvalue weighted by molar-refractivity contribution is 6.13. The van der Waals surface area contributed by atoms with Crippen LogP contribution >= 0.6 is 0 Å². The first-order valence-corrected chi connectivity index (χ1v) is 10.8. The molecular formula is C29H22N2O2. The molecule has 0 saturated heterocycles. The molecule has 0 unspecified atom stereocenters. The van der Waals surface area contributed by atoms with Crippen LogP contribution in [0.15, 0.2) is 114 Å². The zero-order chi connectivity index (χ0) is 22.5. The van der Waals surface area contributed by atoms with Crippen molar-refractivity contribution in [3.05, 3.63) is 126 Å². The van der Waals surface area contributed by atoms with Gasteiger partial charge in [0, 0.05) is 5.56 Å². The molecule has 1 amide bonds. The average molecular weight is 431 g/mol. The molecule has 0 saturated carbocycles. The van der Waals surface area contributed by atoms with Gasteiger partial charge in [0.25, 0.3) is 5.91 Å². The number of hydrogen-bond donors (Lipinski definition) is 1. The van der Waals surface area contributed by atoms with Crippen molar-refractivity contribution in [2.24, 2.45) is 5.10 Å². The molecule has 0 aliphatic heterocycles. The minimum atomic E-state index is -0.320. The zero-order valence-electron chi connectivity index (χ0n) is 17.9. The maximum absolute atomic E-state index is 12.9. The van der Waals surface area contributed by atoms with Crippen LogP contribution in [0.5, 0.6) is 5.75 Å². The summed E-state index contributed by atoms with van der Waals surface area (Å²) in [7, 11) is 0. The van der Waals surface area contributed by atoms with E-state index in [2.05, 4.69) is 40.9 Å². The summed E-state index contributed by atoms with van der Waals surface area (Å²) in [5.41, 5.74) is 5.11. The number of hydrazone groups is 1. The molecular weight excluding hydrogens is 408 g/mol. The standard InChI is InChI=1S/C29H22N2O2/c32-29(26-16-8-9-17-28(26)33-20-21-10-2-1-3-11-21)31-30-19-27-24-14-6-4-12-22(24)18-23-13-5-7-15-25(23)27/h1-19H,20H2,(H,31,32). The predicted octanol–water partition coefficient (Wildman–Crippen LogP) is 6.34. The van der Waals surface area contributed by atoms with Gasteiger partial charge >= 0.3 is 0 Å². The molecule has 0 spiro atoms. The number of benzene rings is 5. The van der Waals surface area contributed by atoms with E-state index < -0.39 is 0 Å². The molecule has 4 nitrogen and oxygen atoms in total. The molecule has 4 heteroatoms. The summed E-state index contributed by atoms with van der Waals surface area (Å²) in [6, 6.07) is 35.6. The van der Waals surface area contributed by atoms with E-state index in [1.807, 2.05) is 66.7 Å². The summed E-state index contributed by atoms with van der Waals surface area (Å²) in [6.45, 7) is 0.385. The van der Waals surface area contributed by atoms with Crippen LogP contribution in [0.25, 0.3) is 21.5 Å². The lowest BCUT2D eigenvalue weighted by Crippen LogP contribution is -2.18. The quantitative estimate of drug-likeness (QED) is 0.194. The Balaban J connectivity index is 1.39. The number of hydrogen-bond acceptors (Lipinski definition) is 3. The Labute approximate surface area is 192 Å². The molecule has 0 radical (unpaired) electrons. The Hall–Kier alpha value is -4.44. The molecule has 0 aliphatic carbocycles. The molecule has 0 heterocycles. The van der Waals surface area contributed by atoms with Gasteiger partial charge in [-0.25, -0.2) is 5.43 Å². The Morgan fingerprint density at radius 2 is 1.36 bits per heavy atom. The van der Waals surface area contributed by atoms with Gasteiger partial charge in [0.15, 0.2) is 0 Å². The highest BCUT2D eigenvalue weighted by atomic mass is 16.5. The second-order valence-corrected chi connectivity index (χ2v) is 7.70. The summed E-state index contributed by atoms with van der Waals surface area (Å²) in [6.07, 6.45) is 1.72. The topological polar surface area (TPSA) is 50.7 Å². The van der Waals surface area contributed by atoms with Crippen molar-refractivity contribution >= 4 is 33.7 Å². The first-order chi connectivity index (χ1) is 16.3. The lowest BCUT2D eigenvalue weighted by molar-refractivity contribution is 0.0950. The number of carbonyl (C=O) groups is 1. The average Bonchev–Trinajstić information content (AvgIpc) is 2.87. The Kier molecular flexibility index (Phi) is 5.81.